The highest BCUT2D eigenvalue weighted by Crippen LogP contribution is 2.25. The third kappa shape index (κ3) is 3.83. The number of hydrogen-bond donors (Lipinski definition) is 2. The molecule has 2 rings (SSSR count). The fraction of sp³-hybridized carbons (Fsp3) is 0.733. The Hall–Kier alpha value is -1.40. The number of carbonyl (C=O) groups excluding carboxylic acids is 1. The fourth-order valence-corrected chi connectivity index (χ4v) is 2.73. The van der Waals surface area contributed by atoms with Gasteiger partial charge in [-0.3, -0.25) is 14.4 Å². The lowest BCUT2D eigenvalue weighted by atomic mass is 9.91. The highest BCUT2D eigenvalue weighted by molar-refractivity contribution is 5.93. The summed E-state index contributed by atoms with van der Waals surface area (Å²) in [6.07, 6.45) is 4.27. The van der Waals surface area contributed by atoms with E-state index in [0.717, 1.165) is 36.5 Å². The van der Waals surface area contributed by atoms with Gasteiger partial charge in [-0.2, -0.15) is 5.10 Å². The molecule has 6 nitrogen and oxygen atoms in total. The minimum Gasteiger partial charge on any atom is -0.396 e. The van der Waals surface area contributed by atoms with Crippen LogP contribution in [0.4, 0.5) is 5.69 Å². The predicted octanol–water partition coefficient (Wildman–Crippen LogP) is 1.21. The summed E-state index contributed by atoms with van der Waals surface area (Å²) in [7, 11) is 1.87. The van der Waals surface area contributed by atoms with Crippen LogP contribution >= 0.6 is 0 Å². The van der Waals surface area contributed by atoms with Crippen molar-refractivity contribution in [3.63, 3.8) is 0 Å². The molecule has 0 atom stereocenters. The Morgan fingerprint density at radius 2 is 2.19 bits per heavy atom. The molecule has 0 spiro atoms. The lowest BCUT2D eigenvalue weighted by Crippen LogP contribution is -2.45. The van der Waals surface area contributed by atoms with Crippen LogP contribution in [0.3, 0.4) is 0 Å². The van der Waals surface area contributed by atoms with Crippen LogP contribution in [0.1, 0.15) is 37.1 Å². The number of anilines is 1. The van der Waals surface area contributed by atoms with Gasteiger partial charge in [-0.15, -0.1) is 0 Å². The Morgan fingerprint density at radius 3 is 2.67 bits per heavy atom. The van der Waals surface area contributed by atoms with Gasteiger partial charge in [0.1, 0.15) is 0 Å². The molecule has 0 bridgehead atoms. The van der Waals surface area contributed by atoms with Gasteiger partial charge in [0.2, 0.25) is 5.91 Å². The number of aliphatic hydroxyl groups is 1. The minimum atomic E-state index is -0.000889. The molecule has 1 fully saturated rings. The van der Waals surface area contributed by atoms with Crippen molar-refractivity contribution >= 4 is 11.6 Å². The van der Waals surface area contributed by atoms with Crippen LogP contribution in [0.15, 0.2) is 0 Å². The molecule has 6 heteroatoms. The van der Waals surface area contributed by atoms with Gasteiger partial charge in [-0.05, 0) is 33.1 Å². The number of hydrogen-bond acceptors (Lipinski definition) is 4. The van der Waals surface area contributed by atoms with Crippen molar-refractivity contribution in [1.29, 1.82) is 0 Å². The zero-order valence-corrected chi connectivity index (χ0v) is 13.2. The van der Waals surface area contributed by atoms with Crippen LogP contribution in [0.25, 0.3) is 0 Å². The van der Waals surface area contributed by atoms with Crippen molar-refractivity contribution in [3.8, 4) is 0 Å². The first kappa shape index (κ1) is 16.0. The lowest BCUT2D eigenvalue weighted by Gasteiger charge is -2.37. The van der Waals surface area contributed by atoms with Crippen LogP contribution in [0, 0.1) is 13.8 Å². The second-order valence-corrected chi connectivity index (χ2v) is 5.85. The fourth-order valence-electron chi connectivity index (χ4n) is 2.73. The molecule has 21 heavy (non-hydrogen) atoms. The zero-order chi connectivity index (χ0) is 15.4. The van der Waals surface area contributed by atoms with Crippen LogP contribution in [0.5, 0.6) is 0 Å². The van der Waals surface area contributed by atoms with Crippen molar-refractivity contribution in [2.75, 3.05) is 25.0 Å². The zero-order valence-electron chi connectivity index (χ0n) is 13.2. The highest BCUT2D eigenvalue weighted by atomic mass is 16.3. The molecule has 1 saturated carbocycles. The van der Waals surface area contributed by atoms with Crippen molar-refractivity contribution in [2.24, 2.45) is 7.05 Å². The van der Waals surface area contributed by atoms with Gasteiger partial charge in [0, 0.05) is 26.2 Å². The summed E-state index contributed by atoms with van der Waals surface area (Å²) in [6.45, 7) is 5.19. The second kappa shape index (κ2) is 7.04. The Labute approximate surface area is 126 Å². The van der Waals surface area contributed by atoms with E-state index in [1.54, 1.807) is 4.68 Å². The number of aromatic nitrogens is 2. The number of nitrogens with zero attached hydrogens (tertiary/aromatic N) is 3. The van der Waals surface area contributed by atoms with Gasteiger partial charge in [0.25, 0.3) is 0 Å². The van der Waals surface area contributed by atoms with Gasteiger partial charge >= 0.3 is 0 Å². The number of nitrogens with one attached hydrogen (secondary N) is 1. The summed E-state index contributed by atoms with van der Waals surface area (Å²) in [4.78, 5) is 14.5. The molecule has 0 aromatic carbocycles. The summed E-state index contributed by atoms with van der Waals surface area (Å²) in [5, 5.41) is 16.3. The molecule has 118 valence electrons. The molecule has 0 saturated heterocycles. The van der Waals surface area contributed by atoms with E-state index in [1.165, 1.54) is 6.42 Å². The molecule has 0 radical (unpaired) electrons. The van der Waals surface area contributed by atoms with Gasteiger partial charge in [-0.25, -0.2) is 0 Å². The quantitative estimate of drug-likeness (QED) is 0.793. The average molecular weight is 294 g/mol. The third-order valence-electron chi connectivity index (χ3n) is 4.31. The maximum absolute atomic E-state index is 12.3. The molecular weight excluding hydrogens is 268 g/mol. The van der Waals surface area contributed by atoms with Crippen LogP contribution in [-0.4, -0.2) is 51.4 Å². The van der Waals surface area contributed by atoms with E-state index in [2.05, 4.69) is 15.3 Å². The predicted molar refractivity (Wildman–Crippen MR) is 82.2 cm³/mol. The van der Waals surface area contributed by atoms with Gasteiger partial charge in [0.15, 0.2) is 0 Å². The van der Waals surface area contributed by atoms with Crippen molar-refractivity contribution in [2.45, 2.75) is 45.6 Å². The summed E-state index contributed by atoms with van der Waals surface area (Å²) in [5.41, 5.74) is 2.62. The molecule has 0 unspecified atom stereocenters. The maximum Gasteiger partial charge on any atom is 0.238 e. The number of aryl methyl sites for hydroxylation is 2. The molecule has 0 aliphatic heterocycles. The molecule has 1 amide bonds. The summed E-state index contributed by atoms with van der Waals surface area (Å²) >= 11 is 0. The Kier molecular flexibility index (Phi) is 5.36. The molecule has 2 N–H and O–H groups in total. The first-order chi connectivity index (χ1) is 10.0. The normalized spacial score (nSPS) is 15.3. The first-order valence-electron chi connectivity index (χ1n) is 7.68. The van der Waals surface area contributed by atoms with Gasteiger partial charge in [-0.1, -0.05) is 6.42 Å². The summed E-state index contributed by atoms with van der Waals surface area (Å²) in [5.74, 6) is -0.000889. The standard InChI is InChI=1S/C15H26N4O2/c1-11-15(12(2)18(3)17-11)16-14(21)10-19(8-5-9-20)13-6-4-7-13/h13,20H,4-10H2,1-3H3,(H,16,21). The SMILES string of the molecule is Cc1nn(C)c(C)c1NC(=O)CN(CCCO)C1CCC1. The van der Waals surface area contributed by atoms with E-state index >= 15 is 0 Å². The number of aliphatic hydroxyl groups excluding tert-OH is 1. The first-order valence-corrected chi connectivity index (χ1v) is 7.68. The number of rotatable bonds is 7. The Bertz CT molecular complexity index is 494. The minimum absolute atomic E-state index is 0.000889. The van der Waals surface area contributed by atoms with E-state index in [0.29, 0.717) is 19.0 Å². The summed E-state index contributed by atoms with van der Waals surface area (Å²) in [6, 6.07) is 0.499. The maximum atomic E-state index is 12.3. The van der Waals surface area contributed by atoms with E-state index in [1.807, 2.05) is 20.9 Å². The molecule has 1 aliphatic carbocycles. The second-order valence-electron chi connectivity index (χ2n) is 5.85. The monoisotopic (exact) mass is 294 g/mol. The number of carbonyl (C=O) groups is 1. The van der Waals surface area contributed by atoms with Crippen LogP contribution in [0.2, 0.25) is 0 Å². The van der Waals surface area contributed by atoms with Gasteiger partial charge in [0.05, 0.1) is 23.6 Å². The van der Waals surface area contributed by atoms with Crippen molar-refractivity contribution in [3.05, 3.63) is 11.4 Å². The third-order valence-corrected chi connectivity index (χ3v) is 4.31. The van der Waals surface area contributed by atoms with Crippen LogP contribution < -0.4 is 5.32 Å². The topological polar surface area (TPSA) is 70.4 Å². The van der Waals surface area contributed by atoms with Crippen molar-refractivity contribution < 1.29 is 9.90 Å². The van der Waals surface area contributed by atoms with E-state index in [4.69, 9.17) is 5.11 Å². The molecule has 1 heterocycles. The molecule has 1 aromatic rings. The molecule has 1 aliphatic rings. The lowest BCUT2D eigenvalue weighted by molar-refractivity contribution is -0.118. The van der Waals surface area contributed by atoms with E-state index < -0.39 is 0 Å². The largest absolute Gasteiger partial charge is 0.396 e. The summed E-state index contributed by atoms with van der Waals surface area (Å²) < 4.78 is 1.78. The van der Waals surface area contributed by atoms with E-state index in [-0.39, 0.29) is 12.5 Å². The average Bonchev–Trinajstić information content (AvgIpc) is 2.60. The van der Waals surface area contributed by atoms with E-state index in [9.17, 15) is 4.79 Å². The van der Waals surface area contributed by atoms with Crippen molar-refractivity contribution in [1.82, 2.24) is 14.7 Å². The Balaban J connectivity index is 1.95. The smallest absolute Gasteiger partial charge is 0.238 e. The number of amides is 1. The molecular formula is C15H26N4O2. The van der Waals surface area contributed by atoms with Gasteiger partial charge < -0.3 is 10.4 Å². The van der Waals surface area contributed by atoms with Crippen LogP contribution in [-0.2, 0) is 11.8 Å². The molecule has 1 aromatic heterocycles. The highest BCUT2D eigenvalue weighted by Gasteiger charge is 2.26. The Morgan fingerprint density at radius 1 is 1.48 bits per heavy atom.